The van der Waals surface area contributed by atoms with E-state index in [4.69, 9.17) is 9.63 Å². The van der Waals surface area contributed by atoms with Crippen molar-refractivity contribution in [1.82, 2.24) is 10.1 Å². The van der Waals surface area contributed by atoms with Crippen molar-refractivity contribution in [3.63, 3.8) is 0 Å². The standard InChI is InChI=1S/C8H14N2O2/c1-6(2)3-4-8-9-7(5-11)10-12-8/h6,11H,3-5H2,1-2H3. The van der Waals surface area contributed by atoms with Crippen LogP contribution in [0.5, 0.6) is 0 Å². The van der Waals surface area contributed by atoms with Gasteiger partial charge in [-0.05, 0) is 12.3 Å². The van der Waals surface area contributed by atoms with Crippen LogP contribution in [0.3, 0.4) is 0 Å². The van der Waals surface area contributed by atoms with E-state index in [2.05, 4.69) is 24.0 Å². The molecular weight excluding hydrogens is 156 g/mol. The molecule has 4 heteroatoms. The van der Waals surface area contributed by atoms with E-state index < -0.39 is 0 Å². The van der Waals surface area contributed by atoms with Gasteiger partial charge in [-0.15, -0.1) is 0 Å². The number of rotatable bonds is 4. The molecule has 4 nitrogen and oxygen atoms in total. The maximum absolute atomic E-state index is 8.64. The van der Waals surface area contributed by atoms with Crippen LogP contribution < -0.4 is 0 Å². The van der Waals surface area contributed by atoms with E-state index in [0.29, 0.717) is 17.6 Å². The summed E-state index contributed by atoms with van der Waals surface area (Å²) >= 11 is 0. The van der Waals surface area contributed by atoms with E-state index in [-0.39, 0.29) is 6.61 Å². The Morgan fingerprint density at radius 1 is 1.50 bits per heavy atom. The topological polar surface area (TPSA) is 59.2 Å². The van der Waals surface area contributed by atoms with Crippen molar-refractivity contribution in [3.05, 3.63) is 11.7 Å². The molecule has 0 aromatic carbocycles. The predicted octanol–water partition coefficient (Wildman–Crippen LogP) is 1.15. The van der Waals surface area contributed by atoms with Crippen molar-refractivity contribution in [2.45, 2.75) is 33.3 Å². The summed E-state index contributed by atoms with van der Waals surface area (Å²) in [6, 6.07) is 0. The Kier molecular flexibility index (Phi) is 3.22. The average Bonchev–Trinajstić information content (AvgIpc) is 2.48. The first-order valence-electron chi connectivity index (χ1n) is 4.14. The molecule has 0 unspecified atom stereocenters. The Labute approximate surface area is 71.6 Å². The second kappa shape index (κ2) is 4.21. The first kappa shape index (κ1) is 9.19. The second-order valence-electron chi connectivity index (χ2n) is 3.19. The number of aliphatic hydroxyl groups excluding tert-OH is 1. The van der Waals surface area contributed by atoms with Crippen LogP contribution >= 0.6 is 0 Å². The summed E-state index contributed by atoms with van der Waals surface area (Å²) in [5.41, 5.74) is 0. The highest BCUT2D eigenvalue weighted by molar-refractivity contribution is 4.84. The molecule has 0 amide bonds. The van der Waals surface area contributed by atoms with Gasteiger partial charge in [0.2, 0.25) is 5.89 Å². The van der Waals surface area contributed by atoms with E-state index >= 15 is 0 Å². The zero-order valence-electron chi connectivity index (χ0n) is 7.45. The van der Waals surface area contributed by atoms with Crippen LogP contribution in [-0.4, -0.2) is 15.2 Å². The highest BCUT2D eigenvalue weighted by Crippen LogP contribution is 2.06. The Hall–Kier alpha value is -0.900. The summed E-state index contributed by atoms with van der Waals surface area (Å²) in [6.07, 6.45) is 1.83. The smallest absolute Gasteiger partial charge is 0.226 e. The highest BCUT2D eigenvalue weighted by atomic mass is 16.5. The molecule has 0 fully saturated rings. The van der Waals surface area contributed by atoms with Crippen LogP contribution in [0, 0.1) is 5.92 Å². The molecule has 0 radical (unpaired) electrons. The molecular formula is C8H14N2O2. The van der Waals surface area contributed by atoms with E-state index in [1.807, 2.05) is 0 Å². The summed E-state index contributed by atoms with van der Waals surface area (Å²) in [5.74, 6) is 1.62. The van der Waals surface area contributed by atoms with Crippen LogP contribution in [0.15, 0.2) is 4.52 Å². The minimum Gasteiger partial charge on any atom is -0.388 e. The molecule has 1 N–H and O–H groups in total. The third kappa shape index (κ3) is 2.62. The first-order chi connectivity index (χ1) is 5.72. The van der Waals surface area contributed by atoms with Crippen molar-refractivity contribution >= 4 is 0 Å². The molecule has 1 rings (SSSR count). The molecule has 0 spiro atoms. The molecule has 0 atom stereocenters. The van der Waals surface area contributed by atoms with Crippen LogP contribution in [0.2, 0.25) is 0 Å². The number of nitrogens with zero attached hydrogens (tertiary/aromatic N) is 2. The predicted molar refractivity (Wildman–Crippen MR) is 43.4 cm³/mol. The molecule has 1 aromatic rings. The number of hydrogen-bond donors (Lipinski definition) is 1. The third-order valence-corrected chi connectivity index (χ3v) is 1.59. The molecule has 1 heterocycles. The lowest BCUT2D eigenvalue weighted by Crippen LogP contribution is -1.92. The van der Waals surface area contributed by atoms with Gasteiger partial charge >= 0.3 is 0 Å². The number of aryl methyl sites for hydroxylation is 1. The van der Waals surface area contributed by atoms with Crippen LogP contribution in [0.4, 0.5) is 0 Å². The van der Waals surface area contributed by atoms with Crippen LogP contribution in [0.25, 0.3) is 0 Å². The summed E-state index contributed by atoms with van der Waals surface area (Å²) < 4.78 is 4.88. The van der Waals surface area contributed by atoms with E-state index in [0.717, 1.165) is 12.8 Å². The molecule has 0 aliphatic rings. The number of aromatic nitrogens is 2. The Morgan fingerprint density at radius 2 is 2.25 bits per heavy atom. The third-order valence-electron chi connectivity index (χ3n) is 1.59. The van der Waals surface area contributed by atoms with Crippen molar-refractivity contribution in [3.8, 4) is 0 Å². The first-order valence-corrected chi connectivity index (χ1v) is 4.14. The molecule has 68 valence electrons. The lowest BCUT2D eigenvalue weighted by molar-refractivity contribution is 0.262. The SMILES string of the molecule is CC(C)CCc1nc(CO)no1. The summed E-state index contributed by atoms with van der Waals surface area (Å²) in [5, 5.41) is 12.2. The second-order valence-corrected chi connectivity index (χ2v) is 3.19. The van der Waals surface area contributed by atoms with E-state index in [9.17, 15) is 0 Å². The van der Waals surface area contributed by atoms with Crippen molar-refractivity contribution in [2.24, 2.45) is 5.92 Å². The van der Waals surface area contributed by atoms with Gasteiger partial charge in [-0.3, -0.25) is 0 Å². The zero-order chi connectivity index (χ0) is 8.97. The van der Waals surface area contributed by atoms with Gasteiger partial charge in [0.25, 0.3) is 0 Å². The molecule has 0 bridgehead atoms. The summed E-state index contributed by atoms with van der Waals surface area (Å²) in [4.78, 5) is 3.97. The van der Waals surface area contributed by atoms with Gasteiger partial charge in [0.05, 0.1) is 0 Å². The van der Waals surface area contributed by atoms with Gasteiger partial charge in [-0.25, -0.2) is 0 Å². The average molecular weight is 170 g/mol. The fourth-order valence-electron chi connectivity index (χ4n) is 0.868. The Bertz CT molecular complexity index is 233. The lowest BCUT2D eigenvalue weighted by Gasteiger charge is -1.98. The van der Waals surface area contributed by atoms with Crippen LogP contribution in [-0.2, 0) is 13.0 Å². The van der Waals surface area contributed by atoms with Crippen LogP contribution in [0.1, 0.15) is 32.0 Å². The molecule has 12 heavy (non-hydrogen) atoms. The quantitative estimate of drug-likeness (QED) is 0.736. The Morgan fingerprint density at radius 3 is 2.75 bits per heavy atom. The lowest BCUT2D eigenvalue weighted by atomic mass is 10.1. The summed E-state index contributed by atoms with van der Waals surface area (Å²) in [6.45, 7) is 4.14. The molecule has 1 aromatic heterocycles. The maximum atomic E-state index is 8.64. The van der Waals surface area contributed by atoms with Crippen molar-refractivity contribution < 1.29 is 9.63 Å². The monoisotopic (exact) mass is 170 g/mol. The number of aliphatic hydroxyl groups is 1. The molecule has 0 saturated heterocycles. The van der Waals surface area contributed by atoms with Gasteiger partial charge in [-0.1, -0.05) is 19.0 Å². The Balaban J connectivity index is 2.41. The minimum atomic E-state index is -0.148. The molecule has 0 aliphatic heterocycles. The van der Waals surface area contributed by atoms with E-state index in [1.165, 1.54) is 0 Å². The summed E-state index contributed by atoms with van der Waals surface area (Å²) in [7, 11) is 0. The van der Waals surface area contributed by atoms with Gasteiger partial charge in [-0.2, -0.15) is 4.98 Å². The molecule has 0 saturated carbocycles. The molecule has 0 aliphatic carbocycles. The maximum Gasteiger partial charge on any atom is 0.226 e. The minimum absolute atomic E-state index is 0.148. The zero-order valence-corrected chi connectivity index (χ0v) is 7.45. The van der Waals surface area contributed by atoms with Crippen molar-refractivity contribution in [2.75, 3.05) is 0 Å². The van der Waals surface area contributed by atoms with E-state index in [1.54, 1.807) is 0 Å². The van der Waals surface area contributed by atoms with Gasteiger partial charge < -0.3 is 9.63 Å². The fourth-order valence-corrected chi connectivity index (χ4v) is 0.868. The van der Waals surface area contributed by atoms with Gasteiger partial charge in [0.1, 0.15) is 6.61 Å². The van der Waals surface area contributed by atoms with Gasteiger partial charge in [0.15, 0.2) is 5.82 Å². The number of hydrogen-bond acceptors (Lipinski definition) is 4. The van der Waals surface area contributed by atoms with Crippen molar-refractivity contribution in [1.29, 1.82) is 0 Å². The fraction of sp³-hybridized carbons (Fsp3) is 0.750. The van der Waals surface area contributed by atoms with Gasteiger partial charge in [0, 0.05) is 6.42 Å². The highest BCUT2D eigenvalue weighted by Gasteiger charge is 2.05. The normalized spacial score (nSPS) is 11.0. The largest absolute Gasteiger partial charge is 0.388 e.